The first-order valence-corrected chi connectivity index (χ1v) is 6.65. The number of ether oxygens (including phenoxy) is 1. The molecule has 98 valence electrons. The molecule has 2 fully saturated rings. The van der Waals surface area contributed by atoms with E-state index in [1.54, 1.807) is 0 Å². The fourth-order valence-corrected chi connectivity index (χ4v) is 2.07. The Kier molecular flexibility index (Phi) is 3.61. The van der Waals surface area contributed by atoms with Crippen LogP contribution in [-0.2, 0) is 4.74 Å². The van der Waals surface area contributed by atoms with Crippen molar-refractivity contribution in [3.8, 4) is 0 Å². The van der Waals surface area contributed by atoms with Gasteiger partial charge in [0, 0.05) is 19.1 Å². The van der Waals surface area contributed by atoms with E-state index in [0.29, 0.717) is 6.04 Å². The van der Waals surface area contributed by atoms with Crippen LogP contribution in [-0.4, -0.2) is 42.3 Å². The maximum atomic E-state index is 11.8. The molecule has 1 aliphatic heterocycles. The summed E-state index contributed by atoms with van der Waals surface area (Å²) in [5.74, 6) is 0.894. The molecule has 4 nitrogen and oxygen atoms in total. The highest BCUT2D eigenvalue weighted by Gasteiger charge is 2.30. The lowest BCUT2D eigenvalue weighted by atomic mass is 10.2. The highest BCUT2D eigenvalue weighted by atomic mass is 16.6. The SMILES string of the molecule is CC(C)(C)OC(=O)N1CC[C@@H](NCC2CC2)C1. The molecule has 0 radical (unpaired) electrons. The average Bonchev–Trinajstić information content (AvgIpc) is 2.90. The van der Waals surface area contributed by atoms with Crippen molar-refractivity contribution < 1.29 is 9.53 Å². The Morgan fingerprint density at radius 3 is 2.65 bits per heavy atom. The van der Waals surface area contributed by atoms with Crippen LogP contribution in [0.3, 0.4) is 0 Å². The second-order valence-electron chi connectivity index (χ2n) is 6.26. The van der Waals surface area contributed by atoms with Crippen molar-refractivity contribution in [1.29, 1.82) is 0 Å². The normalized spacial score (nSPS) is 25.1. The molecule has 4 heteroatoms. The molecule has 0 unspecified atom stereocenters. The Hall–Kier alpha value is -0.770. The number of hydrogen-bond donors (Lipinski definition) is 1. The quantitative estimate of drug-likeness (QED) is 0.820. The molecule has 0 bridgehead atoms. The highest BCUT2D eigenvalue weighted by Crippen LogP contribution is 2.28. The Morgan fingerprint density at radius 2 is 2.06 bits per heavy atom. The summed E-state index contributed by atoms with van der Waals surface area (Å²) in [6.45, 7) is 8.45. The maximum Gasteiger partial charge on any atom is 0.410 e. The lowest BCUT2D eigenvalue weighted by molar-refractivity contribution is 0.0291. The van der Waals surface area contributed by atoms with Crippen molar-refractivity contribution in [3.63, 3.8) is 0 Å². The van der Waals surface area contributed by atoms with Crippen LogP contribution in [0.1, 0.15) is 40.0 Å². The number of carbonyl (C=O) groups excluding carboxylic acids is 1. The van der Waals surface area contributed by atoms with Gasteiger partial charge in [0.05, 0.1) is 0 Å². The van der Waals surface area contributed by atoms with Crippen LogP contribution in [0, 0.1) is 5.92 Å². The Bertz CT molecular complexity index is 282. The summed E-state index contributed by atoms with van der Waals surface area (Å²) >= 11 is 0. The molecular formula is C13H24N2O2. The fraction of sp³-hybridized carbons (Fsp3) is 0.923. The zero-order valence-corrected chi connectivity index (χ0v) is 11.2. The average molecular weight is 240 g/mol. The molecule has 0 aromatic carbocycles. The Labute approximate surface area is 104 Å². The van der Waals surface area contributed by atoms with Crippen LogP contribution < -0.4 is 5.32 Å². The van der Waals surface area contributed by atoms with E-state index < -0.39 is 5.60 Å². The molecule has 2 aliphatic rings. The van der Waals surface area contributed by atoms with E-state index in [4.69, 9.17) is 4.74 Å². The molecule has 0 spiro atoms. The van der Waals surface area contributed by atoms with Gasteiger partial charge in [0.25, 0.3) is 0 Å². The third-order valence-electron chi connectivity index (χ3n) is 3.23. The maximum absolute atomic E-state index is 11.8. The lowest BCUT2D eigenvalue weighted by Crippen LogP contribution is -2.38. The van der Waals surface area contributed by atoms with Gasteiger partial charge in [-0.3, -0.25) is 0 Å². The minimum absolute atomic E-state index is 0.173. The first-order valence-electron chi connectivity index (χ1n) is 6.65. The number of carbonyl (C=O) groups is 1. The van der Waals surface area contributed by atoms with Gasteiger partial charge in [0.1, 0.15) is 5.60 Å². The van der Waals surface area contributed by atoms with Gasteiger partial charge >= 0.3 is 6.09 Å². The smallest absolute Gasteiger partial charge is 0.410 e. The van der Waals surface area contributed by atoms with Gasteiger partial charge in [-0.2, -0.15) is 0 Å². The first-order chi connectivity index (χ1) is 7.94. The number of likely N-dealkylation sites (tertiary alicyclic amines) is 1. The summed E-state index contributed by atoms with van der Waals surface area (Å²) in [5, 5.41) is 3.54. The molecule has 0 aromatic heterocycles. The molecule has 17 heavy (non-hydrogen) atoms. The third kappa shape index (κ3) is 4.19. The van der Waals surface area contributed by atoms with Gasteiger partial charge in [-0.05, 0) is 52.5 Å². The van der Waals surface area contributed by atoms with Gasteiger partial charge in [-0.25, -0.2) is 4.79 Å². The van der Waals surface area contributed by atoms with Crippen molar-refractivity contribution in [3.05, 3.63) is 0 Å². The summed E-state index contributed by atoms with van der Waals surface area (Å²) in [5.41, 5.74) is -0.392. The van der Waals surface area contributed by atoms with Crippen LogP contribution in [0.15, 0.2) is 0 Å². The lowest BCUT2D eigenvalue weighted by Gasteiger charge is -2.24. The summed E-state index contributed by atoms with van der Waals surface area (Å²) in [6, 6.07) is 0.461. The number of rotatable bonds is 3. The van der Waals surface area contributed by atoms with Crippen LogP contribution in [0.5, 0.6) is 0 Å². The second kappa shape index (κ2) is 4.84. The topological polar surface area (TPSA) is 41.6 Å². The van der Waals surface area contributed by atoms with E-state index in [1.165, 1.54) is 12.8 Å². The summed E-state index contributed by atoms with van der Waals surface area (Å²) in [7, 11) is 0. The zero-order chi connectivity index (χ0) is 12.5. The second-order valence-corrected chi connectivity index (χ2v) is 6.26. The van der Waals surface area contributed by atoms with Crippen molar-refractivity contribution in [1.82, 2.24) is 10.2 Å². The van der Waals surface area contributed by atoms with E-state index in [-0.39, 0.29) is 6.09 Å². The molecule has 1 saturated carbocycles. The van der Waals surface area contributed by atoms with E-state index in [9.17, 15) is 4.79 Å². The highest BCUT2D eigenvalue weighted by molar-refractivity contribution is 5.68. The standard InChI is InChI=1S/C13H24N2O2/c1-13(2,3)17-12(16)15-7-6-11(9-15)14-8-10-4-5-10/h10-11,14H,4-9H2,1-3H3/t11-/m1/s1. The predicted molar refractivity (Wildman–Crippen MR) is 66.9 cm³/mol. The van der Waals surface area contributed by atoms with E-state index in [1.807, 2.05) is 25.7 Å². The van der Waals surface area contributed by atoms with Gasteiger partial charge in [-0.15, -0.1) is 0 Å². The van der Waals surface area contributed by atoms with Crippen molar-refractivity contribution in [2.24, 2.45) is 5.92 Å². The van der Waals surface area contributed by atoms with Gasteiger partial charge in [0.2, 0.25) is 0 Å². The number of amides is 1. The summed E-state index contributed by atoms with van der Waals surface area (Å²) < 4.78 is 5.37. The van der Waals surface area contributed by atoms with Gasteiger partial charge in [-0.1, -0.05) is 0 Å². The molecule has 0 aromatic rings. The minimum Gasteiger partial charge on any atom is -0.444 e. The van der Waals surface area contributed by atoms with Crippen molar-refractivity contribution >= 4 is 6.09 Å². The van der Waals surface area contributed by atoms with Crippen molar-refractivity contribution in [2.45, 2.75) is 51.7 Å². The Balaban J connectivity index is 1.70. The fourth-order valence-electron chi connectivity index (χ4n) is 2.07. The van der Waals surface area contributed by atoms with Gasteiger partial charge < -0.3 is 15.0 Å². The van der Waals surface area contributed by atoms with E-state index >= 15 is 0 Å². The van der Waals surface area contributed by atoms with Crippen LogP contribution >= 0.6 is 0 Å². The largest absolute Gasteiger partial charge is 0.444 e. The zero-order valence-electron chi connectivity index (χ0n) is 11.2. The Morgan fingerprint density at radius 1 is 1.35 bits per heavy atom. The molecule has 1 N–H and O–H groups in total. The molecule has 1 aliphatic carbocycles. The summed E-state index contributed by atoms with van der Waals surface area (Å²) in [4.78, 5) is 13.6. The first kappa shape index (κ1) is 12.7. The van der Waals surface area contributed by atoms with Gasteiger partial charge in [0.15, 0.2) is 0 Å². The number of hydrogen-bond acceptors (Lipinski definition) is 3. The molecule has 1 amide bonds. The number of nitrogens with one attached hydrogen (secondary N) is 1. The van der Waals surface area contributed by atoms with E-state index in [2.05, 4.69) is 5.32 Å². The van der Waals surface area contributed by atoms with E-state index in [0.717, 1.165) is 32.0 Å². The molecule has 2 rings (SSSR count). The van der Waals surface area contributed by atoms with Crippen LogP contribution in [0.2, 0.25) is 0 Å². The van der Waals surface area contributed by atoms with Crippen LogP contribution in [0.4, 0.5) is 4.79 Å². The molecule has 1 atom stereocenters. The molecule has 1 saturated heterocycles. The van der Waals surface area contributed by atoms with Crippen LogP contribution in [0.25, 0.3) is 0 Å². The minimum atomic E-state index is -0.392. The molecule has 1 heterocycles. The number of nitrogens with zero attached hydrogens (tertiary/aromatic N) is 1. The molecular weight excluding hydrogens is 216 g/mol. The summed E-state index contributed by atoms with van der Waals surface area (Å²) in [6.07, 6.45) is 3.62. The van der Waals surface area contributed by atoms with Crippen molar-refractivity contribution in [2.75, 3.05) is 19.6 Å². The monoisotopic (exact) mass is 240 g/mol. The third-order valence-corrected chi connectivity index (χ3v) is 3.23. The predicted octanol–water partition coefficient (Wildman–Crippen LogP) is 2.00.